The average Bonchev–Trinajstić information content (AvgIpc) is 2.54. The fourth-order valence-electron chi connectivity index (χ4n) is 2.61. The lowest BCUT2D eigenvalue weighted by atomic mass is 9.93. The van der Waals surface area contributed by atoms with Crippen LogP contribution in [0.4, 0.5) is 5.82 Å². The number of carbonyl (C=O) groups is 1. The van der Waals surface area contributed by atoms with Gasteiger partial charge in [0.25, 0.3) is 5.91 Å². The summed E-state index contributed by atoms with van der Waals surface area (Å²) in [5, 5.41) is 4.86. The number of methoxy groups -OCH3 is 1. The maximum absolute atomic E-state index is 12.3. The first-order chi connectivity index (χ1) is 10.5. The van der Waals surface area contributed by atoms with Crippen LogP contribution in [0.25, 0.3) is 0 Å². The van der Waals surface area contributed by atoms with Crippen molar-refractivity contribution < 1.29 is 14.4 Å². The van der Waals surface area contributed by atoms with Crippen LogP contribution in [-0.2, 0) is 9.57 Å². The summed E-state index contributed by atoms with van der Waals surface area (Å²) in [6, 6.07) is 3.53. The number of nitrogens with one attached hydrogen (secondary N) is 1. The van der Waals surface area contributed by atoms with Gasteiger partial charge in [-0.1, -0.05) is 11.6 Å². The predicted octanol–water partition coefficient (Wildman–Crippen LogP) is 2.74. The fourth-order valence-corrected chi connectivity index (χ4v) is 2.75. The summed E-state index contributed by atoms with van der Waals surface area (Å²) in [6.45, 7) is 0. The van der Waals surface area contributed by atoms with E-state index in [2.05, 4.69) is 10.3 Å². The highest BCUT2D eigenvalue weighted by atomic mass is 35.5. The van der Waals surface area contributed by atoms with Crippen molar-refractivity contribution in [3.05, 3.63) is 22.8 Å². The van der Waals surface area contributed by atoms with Crippen LogP contribution in [-0.4, -0.2) is 49.4 Å². The van der Waals surface area contributed by atoms with Crippen LogP contribution in [0.2, 0.25) is 5.15 Å². The number of ether oxygens (including phenoxy) is 1. The lowest BCUT2D eigenvalue weighted by molar-refractivity contribution is -0.0756. The van der Waals surface area contributed by atoms with E-state index in [-0.39, 0.29) is 11.9 Å². The van der Waals surface area contributed by atoms with Crippen LogP contribution in [0.3, 0.4) is 0 Å². The highest BCUT2D eigenvalue weighted by molar-refractivity contribution is 6.29. The molecule has 1 heterocycles. The molecule has 0 spiro atoms. The van der Waals surface area contributed by atoms with Gasteiger partial charge in [-0.2, -0.15) is 0 Å². The van der Waals surface area contributed by atoms with E-state index in [9.17, 15) is 4.79 Å². The summed E-state index contributed by atoms with van der Waals surface area (Å²) in [7, 11) is 4.75. The number of hydrogen-bond acceptors (Lipinski definition) is 5. The molecule has 0 radical (unpaired) electrons. The van der Waals surface area contributed by atoms with Crippen molar-refractivity contribution in [2.24, 2.45) is 0 Å². The van der Waals surface area contributed by atoms with Crippen LogP contribution < -0.4 is 5.32 Å². The second kappa shape index (κ2) is 7.76. The van der Waals surface area contributed by atoms with E-state index in [1.54, 1.807) is 26.3 Å². The molecule has 6 nitrogen and oxygen atoms in total. The van der Waals surface area contributed by atoms with Crippen molar-refractivity contribution in [1.82, 2.24) is 10.0 Å². The van der Waals surface area contributed by atoms with Crippen molar-refractivity contribution in [1.29, 1.82) is 0 Å². The molecule has 0 aromatic carbocycles. The average molecular weight is 328 g/mol. The molecule has 1 aliphatic carbocycles. The number of nitrogens with zero attached hydrogens (tertiary/aromatic N) is 2. The van der Waals surface area contributed by atoms with E-state index in [0.717, 1.165) is 30.7 Å². The molecule has 1 N–H and O–H groups in total. The number of aromatic nitrogens is 1. The number of anilines is 1. The summed E-state index contributed by atoms with van der Waals surface area (Å²) in [4.78, 5) is 21.5. The lowest BCUT2D eigenvalue weighted by Crippen LogP contribution is -2.31. The minimum atomic E-state index is -0.264. The summed E-state index contributed by atoms with van der Waals surface area (Å²) in [6.07, 6.45) is 4.26. The molecule has 122 valence electrons. The molecule has 0 bridgehead atoms. The van der Waals surface area contributed by atoms with Crippen molar-refractivity contribution in [3.8, 4) is 0 Å². The van der Waals surface area contributed by atoms with E-state index in [4.69, 9.17) is 21.2 Å². The van der Waals surface area contributed by atoms with Crippen LogP contribution in [0.1, 0.15) is 36.0 Å². The number of pyridine rings is 1. The highest BCUT2D eigenvalue weighted by Crippen LogP contribution is 2.26. The molecule has 1 aromatic rings. The van der Waals surface area contributed by atoms with Gasteiger partial charge >= 0.3 is 0 Å². The number of amides is 1. The van der Waals surface area contributed by atoms with Gasteiger partial charge in [-0.3, -0.25) is 9.63 Å². The van der Waals surface area contributed by atoms with Gasteiger partial charge in [0.1, 0.15) is 11.0 Å². The van der Waals surface area contributed by atoms with Crippen LogP contribution in [0.15, 0.2) is 12.1 Å². The normalized spacial score (nSPS) is 21.5. The molecule has 1 saturated carbocycles. The third-order valence-corrected chi connectivity index (χ3v) is 4.21. The maximum Gasteiger partial charge on any atom is 0.280 e. The van der Waals surface area contributed by atoms with Crippen LogP contribution in [0.5, 0.6) is 0 Å². The summed E-state index contributed by atoms with van der Waals surface area (Å²) in [5.41, 5.74) is 0.447. The SMILES string of the molecule is CON(C)C(=O)c1ccc(Cl)nc1N[C@H]1CC[C@H](OC)CC1. The summed E-state index contributed by atoms with van der Waals surface area (Å²) >= 11 is 5.97. The van der Waals surface area contributed by atoms with E-state index >= 15 is 0 Å². The Morgan fingerprint density at radius 3 is 2.59 bits per heavy atom. The highest BCUT2D eigenvalue weighted by Gasteiger charge is 2.24. The van der Waals surface area contributed by atoms with Gasteiger partial charge in [0.05, 0.1) is 18.8 Å². The topological polar surface area (TPSA) is 63.7 Å². The first-order valence-electron chi connectivity index (χ1n) is 7.33. The quantitative estimate of drug-likeness (QED) is 0.665. The smallest absolute Gasteiger partial charge is 0.280 e. The van der Waals surface area contributed by atoms with Gasteiger partial charge in [-0.25, -0.2) is 10.0 Å². The molecule has 0 saturated heterocycles. The third-order valence-electron chi connectivity index (χ3n) is 4.00. The Kier molecular flexibility index (Phi) is 5.99. The largest absolute Gasteiger partial charge is 0.381 e. The Hall–Kier alpha value is -1.37. The molecular formula is C15H22ClN3O3. The number of hydroxylamine groups is 2. The Balaban J connectivity index is 2.12. The number of halogens is 1. The number of rotatable bonds is 5. The van der Waals surface area contributed by atoms with Crippen molar-refractivity contribution >= 4 is 23.3 Å². The van der Waals surface area contributed by atoms with Gasteiger partial charge in [-0.15, -0.1) is 0 Å². The van der Waals surface area contributed by atoms with Gasteiger partial charge in [-0.05, 0) is 37.8 Å². The number of carbonyl (C=O) groups excluding carboxylic acids is 1. The molecule has 7 heteroatoms. The van der Waals surface area contributed by atoms with Crippen molar-refractivity contribution in [2.75, 3.05) is 26.6 Å². The Labute approximate surface area is 135 Å². The van der Waals surface area contributed by atoms with E-state index in [0.29, 0.717) is 22.6 Å². The van der Waals surface area contributed by atoms with Gasteiger partial charge < -0.3 is 10.1 Å². The van der Waals surface area contributed by atoms with Gasteiger partial charge in [0.2, 0.25) is 0 Å². The molecule has 0 aliphatic heterocycles. The molecule has 1 fully saturated rings. The standard InChI is InChI=1S/C15H22ClN3O3/c1-19(22-3)15(20)12-8-9-13(16)18-14(12)17-10-4-6-11(21-2)7-5-10/h8-11H,4-7H2,1-3H3,(H,17,18)/t10-,11-. The third kappa shape index (κ3) is 4.09. The first kappa shape index (κ1) is 17.0. The molecular weight excluding hydrogens is 306 g/mol. The molecule has 0 atom stereocenters. The molecule has 22 heavy (non-hydrogen) atoms. The molecule has 1 aliphatic rings. The zero-order valence-corrected chi connectivity index (χ0v) is 13.9. The molecule has 1 amide bonds. The molecule has 1 aromatic heterocycles. The second-order valence-corrected chi connectivity index (χ2v) is 5.76. The van der Waals surface area contributed by atoms with Crippen LogP contribution in [0, 0.1) is 0 Å². The summed E-state index contributed by atoms with van der Waals surface area (Å²) in [5.74, 6) is 0.238. The minimum absolute atomic E-state index is 0.261. The van der Waals surface area contributed by atoms with Crippen molar-refractivity contribution in [3.63, 3.8) is 0 Å². The zero-order valence-electron chi connectivity index (χ0n) is 13.1. The molecule has 2 rings (SSSR count). The van der Waals surface area contributed by atoms with E-state index in [1.165, 1.54) is 7.11 Å². The predicted molar refractivity (Wildman–Crippen MR) is 85.0 cm³/mol. The van der Waals surface area contributed by atoms with Gasteiger partial charge in [0, 0.05) is 20.2 Å². The Morgan fingerprint density at radius 2 is 2.00 bits per heavy atom. The summed E-state index contributed by atoms with van der Waals surface area (Å²) < 4.78 is 5.37. The lowest BCUT2D eigenvalue weighted by Gasteiger charge is -2.29. The van der Waals surface area contributed by atoms with Crippen LogP contribution >= 0.6 is 11.6 Å². The van der Waals surface area contributed by atoms with Gasteiger partial charge in [0.15, 0.2) is 0 Å². The zero-order chi connectivity index (χ0) is 16.1. The second-order valence-electron chi connectivity index (χ2n) is 5.37. The first-order valence-corrected chi connectivity index (χ1v) is 7.71. The Bertz CT molecular complexity index is 519. The fraction of sp³-hybridized carbons (Fsp3) is 0.600. The molecule has 0 unspecified atom stereocenters. The monoisotopic (exact) mass is 327 g/mol. The van der Waals surface area contributed by atoms with E-state index < -0.39 is 0 Å². The van der Waals surface area contributed by atoms with Crippen molar-refractivity contribution in [2.45, 2.75) is 37.8 Å². The Morgan fingerprint density at radius 1 is 1.32 bits per heavy atom. The maximum atomic E-state index is 12.3. The number of hydrogen-bond donors (Lipinski definition) is 1. The minimum Gasteiger partial charge on any atom is -0.381 e. The van der Waals surface area contributed by atoms with E-state index in [1.807, 2.05) is 0 Å².